The highest BCUT2D eigenvalue weighted by atomic mass is 32.2. The molecule has 0 N–H and O–H groups in total. The second-order valence-electron chi connectivity index (χ2n) is 5.12. The van der Waals surface area contributed by atoms with Crippen LogP contribution in [0.25, 0.3) is 5.53 Å². The summed E-state index contributed by atoms with van der Waals surface area (Å²) in [4.78, 5) is 1.73. The zero-order valence-electron chi connectivity index (χ0n) is 14.6. The predicted molar refractivity (Wildman–Crippen MR) is 99.1 cm³/mol. The van der Waals surface area contributed by atoms with Crippen molar-refractivity contribution in [2.24, 2.45) is 0 Å². The van der Waals surface area contributed by atoms with Crippen LogP contribution in [0.2, 0.25) is 0 Å². The van der Waals surface area contributed by atoms with Crippen LogP contribution in [0.4, 0.5) is 0 Å². The summed E-state index contributed by atoms with van der Waals surface area (Å²) in [7, 11) is -4.48. The fourth-order valence-corrected chi connectivity index (χ4v) is 3.37. The van der Waals surface area contributed by atoms with E-state index in [1.165, 1.54) is 17.8 Å². The van der Waals surface area contributed by atoms with Gasteiger partial charge in [0.05, 0.1) is 18.1 Å². The van der Waals surface area contributed by atoms with Crippen molar-refractivity contribution in [3.8, 4) is 17.2 Å². The van der Waals surface area contributed by atoms with E-state index in [2.05, 4.69) is 4.52 Å². The molecule has 139 valence electrons. The van der Waals surface area contributed by atoms with E-state index < -0.39 is 10.3 Å². The summed E-state index contributed by atoms with van der Waals surface area (Å²) in [5.74, 6) is 0.531. The number of rotatable bonds is 9. The SMILES string of the molecule is CCOc1cc(Sc2ccc(C)cc2)c(OCC)cc1OS(=O)(=O)[N+]=[N-]. The fourth-order valence-electron chi connectivity index (χ4n) is 2.07. The molecule has 1 radical (unpaired) electrons. The zero-order chi connectivity index (χ0) is 19.2. The standard InChI is InChI=1S/C17H19N2O5S2/c1-4-22-14-11-17(25-13-8-6-12(3)7-9-13)16(23-5-2)10-15(14)24-26(20,21)19-18/h6-11H,4-5H2,1-3H3. The van der Waals surface area contributed by atoms with Crippen LogP contribution in [0.15, 0.2) is 46.2 Å². The van der Waals surface area contributed by atoms with Crippen LogP contribution >= 0.6 is 11.8 Å². The monoisotopic (exact) mass is 395 g/mol. The molecule has 0 heterocycles. The highest BCUT2D eigenvalue weighted by Gasteiger charge is 2.24. The van der Waals surface area contributed by atoms with Gasteiger partial charge in [0, 0.05) is 17.0 Å². The van der Waals surface area contributed by atoms with E-state index in [9.17, 15) is 8.42 Å². The van der Waals surface area contributed by atoms with Crippen LogP contribution in [-0.2, 0) is 10.3 Å². The lowest BCUT2D eigenvalue weighted by Crippen LogP contribution is -2.13. The normalized spacial score (nSPS) is 11.0. The van der Waals surface area contributed by atoms with Gasteiger partial charge in [-0.15, -0.1) is 8.42 Å². The van der Waals surface area contributed by atoms with Crippen molar-refractivity contribution < 1.29 is 22.1 Å². The van der Waals surface area contributed by atoms with Crippen molar-refractivity contribution in [3.05, 3.63) is 47.5 Å². The molecular weight excluding hydrogens is 376 g/mol. The number of benzene rings is 2. The lowest BCUT2D eigenvalue weighted by Gasteiger charge is -2.15. The second kappa shape index (κ2) is 8.91. The molecule has 0 fully saturated rings. The summed E-state index contributed by atoms with van der Waals surface area (Å²) in [5.41, 5.74) is 9.71. The molecule has 9 heteroatoms. The maximum Gasteiger partial charge on any atom is 0.613 e. The van der Waals surface area contributed by atoms with Crippen molar-refractivity contribution in [3.63, 3.8) is 0 Å². The zero-order valence-corrected chi connectivity index (χ0v) is 16.3. The van der Waals surface area contributed by atoms with Crippen LogP contribution in [0.3, 0.4) is 0 Å². The van der Waals surface area contributed by atoms with Gasteiger partial charge in [-0.25, -0.2) is 0 Å². The lowest BCUT2D eigenvalue weighted by molar-refractivity contribution is 0.314. The smallest absolute Gasteiger partial charge is 0.493 e. The Morgan fingerprint density at radius 2 is 1.62 bits per heavy atom. The molecule has 0 saturated carbocycles. The highest BCUT2D eigenvalue weighted by Crippen LogP contribution is 2.43. The van der Waals surface area contributed by atoms with Crippen LogP contribution < -0.4 is 18.2 Å². The molecule has 2 aromatic rings. The van der Waals surface area contributed by atoms with Gasteiger partial charge in [0.1, 0.15) is 10.3 Å². The van der Waals surface area contributed by atoms with Crippen LogP contribution in [-0.4, -0.2) is 21.6 Å². The quantitative estimate of drug-likeness (QED) is 0.597. The minimum absolute atomic E-state index is 0.110. The van der Waals surface area contributed by atoms with Crippen LogP contribution in [0.5, 0.6) is 17.2 Å². The maximum atomic E-state index is 11.5. The summed E-state index contributed by atoms with van der Waals surface area (Å²) in [6, 6.07) is 11.0. The summed E-state index contributed by atoms with van der Waals surface area (Å²) in [5, 5.41) is 0. The van der Waals surface area contributed by atoms with Crippen molar-refractivity contribution >= 4 is 22.1 Å². The molecule has 0 atom stereocenters. The number of hydrogen-bond donors (Lipinski definition) is 0. The Kier molecular flexibility index (Phi) is 6.87. The minimum atomic E-state index is -4.48. The van der Waals surface area contributed by atoms with Gasteiger partial charge in [0.15, 0.2) is 11.5 Å². The van der Waals surface area contributed by atoms with Crippen molar-refractivity contribution in [1.82, 2.24) is 4.52 Å². The molecule has 0 aromatic heterocycles. The van der Waals surface area contributed by atoms with E-state index in [0.717, 1.165) is 15.4 Å². The Morgan fingerprint density at radius 3 is 2.19 bits per heavy atom. The predicted octanol–water partition coefficient (Wildman–Crippen LogP) is 3.92. The largest absolute Gasteiger partial charge is 0.613 e. The third-order valence-corrected chi connectivity index (χ3v) is 4.79. The van der Waals surface area contributed by atoms with Gasteiger partial charge in [-0.2, -0.15) is 0 Å². The van der Waals surface area contributed by atoms with Gasteiger partial charge >= 0.3 is 10.3 Å². The van der Waals surface area contributed by atoms with E-state index in [0.29, 0.717) is 19.0 Å². The molecule has 0 bridgehead atoms. The lowest BCUT2D eigenvalue weighted by atomic mass is 10.2. The Balaban J connectivity index is 2.47. The number of hydrogen-bond acceptors (Lipinski definition) is 6. The molecule has 0 unspecified atom stereocenters. The molecule has 0 aliphatic heterocycles. The Labute approximate surface area is 157 Å². The van der Waals surface area contributed by atoms with Gasteiger partial charge in [0.25, 0.3) is 0 Å². The first kappa shape index (κ1) is 20.1. The molecule has 26 heavy (non-hydrogen) atoms. The average molecular weight is 395 g/mol. The van der Waals surface area contributed by atoms with Crippen molar-refractivity contribution in [2.45, 2.75) is 30.6 Å². The van der Waals surface area contributed by atoms with Gasteiger partial charge < -0.3 is 19.2 Å². The highest BCUT2D eigenvalue weighted by molar-refractivity contribution is 7.99. The summed E-state index contributed by atoms with van der Waals surface area (Å²) >= 11 is 1.45. The molecule has 0 spiro atoms. The van der Waals surface area contributed by atoms with E-state index in [1.807, 2.05) is 38.1 Å². The molecular formula is C17H19N2O5S2. The van der Waals surface area contributed by atoms with Gasteiger partial charge in [-0.05, 0) is 32.9 Å². The van der Waals surface area contributed by atoms with Gasteiger partial charge in [-0.3, -0.25) is 0 Å². The molecule has 0 saturated heterocycles. The number of aryl methyl sites for hydroxylation is 1. The van der Waals surface area contributed by atoms with E-state index >= 15 is 0 Å². The van der Waals surface area contributed by atoms with E-state index in [4.69, 9.17) is 19.2 Å². The minimum Gasteiger partial charge on any atom is -0.493 e. The number of nitrogens with zero attached hydrogens (tertiary/aromatic N) is 2. The molecule has 0 amide bonds. The first-order chi connectivity index (χ1) is 12.4. The molecule has 0 aliphatic rings. The summed E-state index contributed by atoms with van der Waals surface area (Å²) in [6.45, 7) is 6.27. The first-order valence-electron chi connectivity index (χ1n) is 7.87. The third kappa shape index (κ3) is 5.37. The maximum absolute atomic E-state index is 11.5. The van der Waals surface area contributed by atoms with E-state index in [-0.39, 0.29) is 11.5 Å². The Morgan fingerprint density at radius 1 is 1.00 bits per heavy atom. The summed E-state index contributed by atoms with van der Waals surface area (Å²) in [6.07, 6.45) is 0. The molecule has 2 rings (SSSR count). The van der Waals surface area contributed by atoms with Crippen LogP contribution in [0.1, 0.15) is 19.4 Å². The Bertz CT molecular complexity index is 867. The Hall–Kier alpha value is -2.26. The van der Waals surface area contributed by atoms with Gasteiger partial charge in [0.2, 0.25) is 0 Å². The third-order valence-electron chi connectivity index (χ3n) is 3.15. The van der Waals surface area contributed by atoms with Crippen molar-refractivity contribution in [2.75, 3.05) is 13.2 Å². The molecule has 2 aromatic carbocycles. The molecule has 7 nitrogen and oxygen atoms in total. The summed E-state index contributed by atoms with van der Waals surface area (Å²) < 4.78 is 41.0. The fraction of sp³-hybridized carbons (Fsp3) is 0.294. The topological polar surface area (TPSA) is 98.2 Å². The average Bonchev–Trinajstić information content (AvgIpc) is 2.60. The van der Waals surface area contributed by atoms with Gasteiger partial charge in [-0.1, -0.05) is 29.5 Å². The number of ether oxygens (including phenoxy) is 2. The van der Waals surface area contributed by atoms with Crippen LogP contribution in [0, 0.1) is 6.92 Å². The van der Waals surface area contributed by atoms with E-state index in [1.54, 1.807) is 13.0 Å². The van der Waals surface area contributed by atoms with Crippen molar-refractivity contribution in [1.29, 1.82) is 0 Å². The molecule has 0 aliphatic carbocycles. The second-order valence-corrected chi connectivity index (χ2v) is 7.42. The first-order valence-corrected chi connectivity index (χ1v) is 10.1.